The summed E-state index contributed by atoms with van der Waals surface area (Å²) in [7, 11) is 0. The second-order valence-corrected chi connectivity index (χ2v) is 6.45. The zero-order valence-electron chi connectivity index (χ0n) is 14.7. The Kier molecular flexibility index (Phi) is 5.65. The van der Waals surface area contributed by atoms with Gasteiger partial charge in [-0.2, -0.15) is 0 Å². The Morgan fingerprint density at radius 1 is 1.16 bits per heavy atom. The number of aromatic nitrogens is 2. The minimum atomic E-state index is 0.0170. The lowest BCUT2D eigenvalue weighted by Gasteiger charge is -2.33. The summed E-state index contributed by atoms with van der Waals surface area (Å²) in [5.41, 5.74) is 0. The molecule has 0 aliphatic carbocycles. The SMILES string of the molecule is CC(C)c1nnc(CN2CCN(C(=O)COc3ccccc3)CC2)o1. The average Bonchev–Trinajstić information content (AvgIpc) is 3.10. The number of carbonyl (C=O) groups excluding carboxylic acids is 1. The summed E-state index contributed by atoms with van der Waals surface area (Å²) in [6.07, 6.45) is 0. The summed E-state index contributed by atoms with van der Waals surface area (Å²) >= 11 is 0. The van der Waals surface area contributed by atoms with Gasteiger partial charge >= 0.3 is 0 Å². The molecule has 3 rings (SSSR count). The number of hydrogen-bond acceptors (Lipinski definition) is 6. The molecule has 1 aliphatic heterocycles. The molecule has 25 heavy (non-hydrogen) atoms. The fraction of sp³-hybridized carbons (Fsp3) is 0.500. The number of rotatable bonds is 6. The first-order chi connectivity index (χ1) is 12.1. The van der Waals surface area contributed by atoms with Crippen LogP contribution in [0.3, 0.4) is 0 Å². The standard InChI is InChI=1S/C18H24N4O3/c1-14(2)18-20-19-16(25-18)12-21-8-10-22(11-9-21)17(23)13-24-15-6-4-3-5-7-15/h3-7,14H,8-13H2,1-2H3. The van der Waals surface area contributed by atoms with Crippen molar-refractivity contribution < 1.29 is 13.9 Å². The van der Waals surface area contributed by atoms with E-state index in [0.717, 1.165) is 13.1 Å². The zero-order valence-corrected chi connectivity index (χ0v) is 14.7. The molecule has 2 aromatic rings. The highest BCUT2D eigenvalue weighted by molar-refractivity contribution is 5.77. The molecule has 1 aliphatic rings. The summed E-state index contributed by atoms with van der Waals surface area (Å²) < 4.78 is 11.2. The summed E-state index contributed by atoms with van der Waals surface area (Å²) in [5.74, 6) is 2.27. The zero-order chi connectivity index (χ0) is 17.6. The minimum absolute atomic E-state index is 0.0170. The molecule has 0 atom stereocenters. The monoisotopic (exact) mass is 344 g/mol. The minimum Gasteiger partial charge on any atom is -0.484 e. The Labute approximate surface area is 147 Å². The van der Waals surface area contributed by atoms with Crippen molar-refractivity contribution >= 4 is 5.91 Å². The van der Waals surface area contributed by atoms with Crippen LogP contribution in [0.15, 0.2) is 34.7 Å². The Morgan fingerprint density at radius 3 is 2.52 bits per heavy atom. The molecule has 1 fully saturated rings. The van der Waals surface area contributed by atoms with Gasteiger partial charge < -0.3 is 14.1 Å². The normalized spacial score (nSPS) is 15.6. The second-order valence-electron chi connectivity index (χ2n) is 6.45. The van der Waals surface area contributed by atoms with Crippen LogP contribution in [0.25, 0.3) is 0 Å². The van der Waals surface area contributed by atoms with Crippen LogP contribution in [0.4, 0.5) is 0 Å². The van der Waals surface area contributed by atoms with Gasteiger partial charge in [-0.15, -0.1) is 10.2 Å². The maximum atomic E-state index is 12.3. The van der Waals surface area contributed by atoms with E-state index < -0.39 is 0 Å². The van der Waals surface area contributed by atoms with Gasteiger partial charge in [-0.3, -0.25) is 9.69 Å². The lowest BCUT2D eigenvalue weighted by atomic mass is 10.2. The third-order valence-corrected chi connectivity index (χ3v) is 4.17. The van der Waals surface area contributed by atoms with Crippen molar-refractivity contribution in [2.24, 2.45) is 0 Å². The first kappa shape index (κ1) is 17.4. The van der Waals surface area contributed by atoms with Crippen LogP contribution >= 0.6 is 0 Å². The Morgan fingerprint density at radius 2 is 1.88 bits per heavy atom. The molecule has 0 N–H and O–H groups in total. The van der Waals surface area contributed by atoms with E-state index in [2.05, 4.69) is 15.1 Å². The molecular weight excluding hydrogens is 320 g/mol. The maximum absolute atomic E-state index is 12.3. The topological polar surface area (TPSA) is 71.7 Å². The molecule has 1 saturated heterocycles. The van der Waals surface area contributed by atoms with Crippen LogP contribution in [0, 0.1) is 0 Å². The highest BCUT2D eigenvalue weighted by Crippen LogP contribution is 2.14. The van der Waals surface area contributed by atoms with Crippen molar-refractivity contribution in [2.75, 3.05) is 32.8 Å². The van der Waals surface area contributed by atoms with E-state index in [1.165, 1.54) is 0 Å². The molecule has 0 bridgehead atoms. The number of ether oxygens (including phenoxy) is 1. The van der Waals surface area contributed by atoms with Crippen LogP contribution < -0.4 is 4.74 Å². The van der Waals surface area contributed by atoms with Gasteiger partial charge in [0.25, 0.3) is 5.91 Å². The third-order valence-electron chi connectivity index (χ3n) is 4.17. The van der Waals surface area contributed by atoms with E-state index >= 15 is 0 Å². The first-order valence-corrected chi connectivity index (χ1v) is 8.62. The molecule has 1 aromatic carbocycles. The molecule has 0 radical (unpaired) electrons. The average molecular weight is 344 g/mol. The lowest BCUT2D eigenvalue weighted by molar-refractivity contribution is -0.135. The van der Waals surface area contributed by atoms with Gasteiger partial charge in [-0.1, -0.05) is 32.0 Å². The van der Waals surface area contributed by atoms with Crippen LogP contribution in [0.5, 0.6) is 5.75 Å². The summed E-state index contributed by atoms with van der Waals surface area (Å²) in [4.78, 5) is 16.3. The van der Waals surface area contributed by atoms with Crippen molar-refractivity contribution in [2.45, 2.75) is 26.3 Å². The highest BCUT2D eigenvalue weighted by atomic mass is 16.5. The van der Waals surface area contributed by atoms with Gasteiger partial charge in [-0.05, 0) is 12.1 Å². The van der Waals surface area contributed by atoms with Crippen LogP contribution in [0.2, 0.25) is 0 Å². The molecule has 1 amide bonds. The lowest BCUT2D eigenvalue weighted by Crippen LogP contribution is -2.49. The van der Waals surface area contributed by atoms with Crippen molar-refractivity contribution in [1.29, 1.82) is 0 Å². The van der Waals surface area contributed by atoms with E-state index in [4.69, 9.17) is 9.15 Å². The van der Waals surface area contributed by atoms with Crippen molar-refractivity contribution in [1.82, 2.24) is 20.0 Å². The second kappa shape index (κ2) is 8.11. The van der Waals surface area contributed by atoms with Gasteiger partial charge in [0.05, 0.1) is 6.54 Å². The third kappa shape index (κ3) is 4.79. The molecule has 7 heteroatoms. The number of piperazine rings is 1. The predicted octanol–water partition coefficient (Wildman–Crippen LogP) is 1.92. The summed E-state index contributed by atoms with van der Waals surface area (Å²) in [6, 6.07) is 9.39. The van der Waals surface area contributed by atoms with E-state index in [0.29, 0.717) is 37.2 Å². The summed E-state index contributed by atoms with van der Waals surface area (Å²) in [6.45, 7) is 7.70. The number of para-hydroxylation sites is 1. The molecule has 0 saturated carbocycles. The van der Waals surface area contributed by atoms with E-state index in [-0.39, 0.29) is 18.4 Å². The molecule has 1 aromatic heterocycles. The van der Waals surface area contributed by atoms with Crippen LogP contribution in [0.1, 0.15) is 31.5 Å². The molecule has 7 nitrogen and oxygen atoms in total. The number of amides is 1. The maximum Gasteiger partial charge on any atom is 0.260 e. The van der Waals surface area contributed by atoms with Gasteiger partial charge in [0.15, 0.2) is 6.61 Å². The van der Waals surface area contributed by atoms with Crippen molar-refractivity contribution in [3.8, 4) is 5.75 Å². The molecular formula is C18H24N4O3. The number of carbonyl (C=O) groups is 1. The van der Waals surface area contributed by atoms with Gasteiger partial charge in [-0.25, -0.2) is 0 Å². The van der Waals surface area contributed by atoms with Crippen LogP contribution in [-0.2, 0) is 11.3 Å². The van der Waals surface area contributed by atoms with E-state index in [9.17, 15) is 4.79 Å². The van der Waals surface area contributed by atoms with Gasteiger partial charge in [0, 0.05) is 32.1 Å². The van der Waals surface area contributed by atoms with E-state index in [1.54, 1.807) is 0 Å². The first-order valence-electron chi connectivity index (χ1n) is 8.62. The fourth-order valence-corrected chi connectivity index (χ4v) is 2.66. The van der Waals surface area contributed by atoms with Crippen LogP contribution in [-0.4, -0.2) is 58.7 Å². The largest absolute Gasteiger partial charge is 0.484 e. The number of benzene rings is 1. The van der Waals surface area contributed by atoms with Crippen molar-refractivity contribution in [3.63, 3.8) is 0 Å². The van der Waals surface area contributed by atoms with Gasteiger partial charge in [0.2, 0.25) is 11.8 Å². The number of hydrogen-bond donors (Lipinski definition) is 0. The Bertz CT molecular complexity index is 679. The number of nitrogens with zero attached hydrogens (tertiary/aromatic N) is 4. The molecule has 134 valence electrons. The predicted molar refractivity (Wildman–Crippen MR) is 92.2 cm³/mol. The highest BCUT2D eigenvalue weighted by Gasteiger charge is 2.23. The molecule has 2 heterocycles. The Balaban J connectivity index is 1.42. The van der Waals surface area contributed by atoms with E-state index in [1.807, 2.05) is 49.1 Å². The molecule has 0 spiro atoms. The van der Waals surface area contributed by atoms with Crippen molar-refractivity contribution in [3.05, 3.63) is 42.1 Å². The fourth-order valence-electron chi connectivity index (χ4n) is 2.66. The Hall–Kier alpha value is -2.41. The quantitative estimate of drug-likeness (QED) is 0.797. The molecule has 0 unspecified atom stereocenters. The smallest absolute Gasteiger partial charge is 0.260 e. The van der Waals surface area contributed by atoms with Gasteiger partial charge in [0.1, 0.15) is 5.75 Å². The summed E-state index contributed by atoms with van der Waals surface area (Å²) in [5, 5.41) is 8.14.